The van der Waals surface area contributed by atoms with E-state index in [0.29, 0.717) is 11.1 Å². The van der Waals surface area contributed by atoms with Gasteiger partial charge < -0.3 is 9.84 Å². The fourth-order valence-electron chi connectivity index (χ4n) is 2.32. The topological polar surface area (TPSA) is 29.5 Å². The molecule has 17 heavy (non-hydrogen) atoms. The third kappa shape index (κ3) is 3.36. The minimum Gasteiger partial charge on any atom is -0.490 e. The van der Waals surface area contributed by atoms with Crippen LogP contribution in [0.5, 0.6) is 5.75 Å². The summed E-state index contributed by atoms with van der Waals surface area (Å²) in [5, 5.41) is 10.4. The molecule has 1 aromatic carbocycles. The number of hydrogen-bond donors (Lipinski definition) is 1. The van der Waals surface area contributed by atoms with Crippen molar-refractivity contribution in [3.8, 4) is 5.75 Å². The largest absolute Gasteiger partial charge is 0.490 e. The fourth-order valence-corrected chi connectivity index (χ4v) is 2.50. The third-order valence-electron chi connectivity index (χ3n) is 3.27. The van der Waals surface area contributed by atoms with Crippen molar-refractivity contribution in [3.05, 3.63) is 28.8 Å². The summed E-state index contributed by atoms with van der Waals surface area (Å²) < 4.78 is 5.98. The third-order valence-corrected chi connectivity index (χ3v) is 3.50. The molecule has 1 aromatic rings. The predicted octanol–water partition coefficient (Wildman–Crippen LogP) is 4.10. The first-order chi connectivity index (χ1) is 8.16. The van der Waals surface area contributed by atoms with Crippen molar-refractivity contribution in [2.24, 2.45) is 0 Å². The molecule has 3 heteroatoms. The maximum Gasteiger partial charge on any atom is 0.125 e. The molecule has 0 heterocycles. The van der Waals surface area contributed by atoms with Crippen molar-refractivity contribution >= 4 is 11.6 Å². The van der Waals surface area contributed by atoms with Crippen molar-refractivity contribution in [1.29, 1.82) is 0 Å². The van der Waals surface area contributed by atoms with Crippen molar-refractivity contribution in [2.75, 3.05) is 0 Å². The lowest BCUT2D eigenvalue weighted by Crippen LogP contribution is -2.20. The van der Waals surface area contributed by atoms with E-state index in [9.17, 15) is 5.11 Å². The Bertz CT molecular complexity index is 370. The summed E-state index contributed by atoms with van der Waals surface area (Å²) in [7, 11) is 0. The van der Waals surface area contributed by atoms with Gasteiger partial charge in [-0.1, -0.05) is 18.0 Å². The molecule has 0 aromatic heterocycles. The lowest BCUT2D eigenvalue weighted by molar-refractivity contribution is 0.142. The number of halogens is 1. The Kier molecular flexibility index (Phi) is 4.30. The highest BCUT2D eigenvalue weighted by molar-refractivity contribution is 6.30. The molecule has 1 aliphatic rings. The van der Waals surface area contributed by atoms with Gasteiger partial charge in [-0.05, 0) is 50.8 Å². The van der Waals surface area contributed by atoms with Crippen LogP contribution in [0.4, 0.5) is 0 Å². The first kappa shape index (κ1) is 12.7. The van der Waals surface area contributed by atoms with Gasteiger partial charge in [0, 0.05) is 10.6 Å². The van der Waals surface area contributed by atoms with Gasteiger partial charge in [0.15, 0.2) is 0 Å². The Hall–Kier alpha value is -0.730. The maximum atomic E-state index is 9.72. The number of aliphatic hydroxyl groups is 1. The van der Waals surface area contributed by atoms with Crippen LogP contribution in [-0.2, 0) is 0 Å². The SMILES string of the molecule is C[C@H](O)c1cc(Cl)ccc1OC1CCCCC1. The molecule has 0 spiro atoms. The maximum absolute atomic E-state index is 9.72. The Labute approximate surface area is 108 Å². The molecule has 0 amide bonds. The van der Waals surface area contributed by atoms with E-state index >= 15 is 0 Å². The number of hydrogen-bond acceptors (Lipinski definition) is 2. The van der Waals surface area contributed by atoms with Gasteiger partial charge in [0.1, 0.15) is 5.75 Å². The van der Waals surface area contributed by atoms with Crippen molar-refractivity contribution < 1.29 is 9.84 Å². The molecule has 0 unspecified atom stereocenters. The predicted molar refractivity (Wildman–Crippen MR) is 69.6 cm³/mol. The second kappa shape index (κ2) is 5.74. The van der Waals surface area contributed by atoms with E-state index in [1.165, 1.54) is 19.3 Å². The highest BCUT2D eigenvalue weighted by atomic mass is 35.5. The summed E-state index contributed by atoms with van der Waals surface area (Å²) in [5.41, 5.74) is 0.781. The molecule has 0 bridgehead atoms. The summed E-state index contributed by atoms with van der Waals surface area (Å²) in [4.78, 5) is 0. The lowest BCUT2D eigenvalue weighted by Gasteiger charge is -2.25. The zero-order chi connectivity index (χ0) is 12.3. The molecular formula is C14H19ClO2. The quantitative estimate of drug-likeness (QED) is 0.880. The highest BCUT2D eigenvalue weighted by Crippen LogP contribution is 2.31. The second-order valence-corrected chi connectivity index (χ2v) is 5.17. The van der Waals surface area contributed by atoms with E-state index in [4.69, 9.17) is 16.3 Å². The van der Waals surface area contributed by atoms with Gasteiger partial charge in [-0.15, -0.1) is 0 Å². The van der Waals surface area contributed by atoms with Gasteiger partial charge in [-0.2, -0.15) is 0 Å². The molecule has 2 rings (SSSR count). The smallest absolute Gasteiger partial charge is 0.125 e. The number of aliphatic hydroxyl groups excluding tert-OH is 1. The van der Waals surface area contributed by atoms with Gasteiger partial charge in [0.25, 0.3) is 0 Å². The van der Waals surface area contributed by atoms with E-state index in [1.54, 1.807) is 13.0 Å². The molecule has 1 aliphatic carbocycles. The van der Waals surface area contributed by atoms with Crippen LogP contribution in [0.2, 0.25) is 5.02 Å². The normalized spacial score (nSPS) is 19.0. The van der Waals surface area contributed by atoms with Crippen LogP contribution in [0.1, 0.15) is 50.7 Å². The number of rotatable bonds is 3. The molecule has 1 fully saturated rings. The van der Waals surface area contributed by atoms with Gasteiger partial charge >= 0.3 is 0 Å². The summed E-state index contributed by atoms with van der Waals surface area (Å²) in [6, 6.07) is 5.45. The molecule has 2 nitrogen and oxygen atoms in total. The fraction of sp³-hybridized carbons (Fsp3) is 0.571. The van der Waals surface area contributed by atoms with Crippen LogP contribution in [-0.4, -0.2) is 11.2 Å². The van der Waals surface area contributed by atoms with E-state index in [0.717, 1.165) is 24.2 Å². The second-order valence-electron chi connectivity index (χ2n) is 4.74. The molecule has 1 saturated carbocycles. The van der Waals surface area contributed by atoms with Crippen molar-refractivity contribution in [1.82, 2.24) is 0 Å². The zero-order valence-electron chi connectivity index (χ0n) is 10.2. The monoisotopic (exact) mass is 254 g/mol. The minimum absolute atomic E-state index is 0.294. The van der Waals surface area contributed by atoms with Gasteiger partial charge in [0.2, 0.25) is 0 Å². The summed E-state index contributed by atoms with van der Waals surface area (Å²) >= 11 is 5.94. The van der Waals surface area contributed by atoms with Gasteiger partial charge in [0.05, 0.1) is 12.2 Å². The summed E-state index contributed by atoms with van der Waals surface area (Å²) in [6.45, 7) is 1.74. The van der Waals surface area contributed by atoms with Crippen LogP contribution < -0.4 is 4.74 Å². The first-order valence-electron chi connectivity index (χ1n) is 6.31. The molecule has 94 valence electrons. The molecule has 0 saturated heterocycles. The van der Waals surface area contributed by atoms with E-state index < -0.39 is 6.10 Å². The average Bonchev–Trinajstić information content (AvgIpc) is 2.32. The molecule has 0 aliphatic heterocycles. The van der Waals surface area contributed by atoms with E-state index in [1.807, 2.05) is 12.1 Å². The van der Waals surface area contributed by atoms with Crippen molar-refractivity contribution in [2.45, 2.75) is 51.2 Å². The van der Waals surface area contributed by atoms with E-state index in [2.05, 4.69) is 0 Å². The Morgan fingerprint density at radius 2 is 2.00 bits per heavy atom. The van der Waals surface area contributed by atoms with Crippen LogP contribution >= 0.6 is 11.6 Å². The Morgan fingerprint density at radius 1 is 1.29 bits per heavy atom. The number of benzene rings is 1. The van der Waals surface area contributed by atoms with Crippen LogP contribution in [0.3, 0.4) is 0 Å². The number of ether oxygens (including phenoxy) is 1. The molecule has 0 radical (unpaired) electrons. The van der Waals surface area contributed by atoms with Crippen molar-refractivity contribution in [3.63, 3.8) is 0 Å². The Morgan fingerprint density at radius 3 is 2.65 bits per heavy atom. The summed E-state index contributed by atoms with van der Waals surface area (Å²) in [6.07, 6.45) is 5.76. The zero-order valence-corrected chi connectivity index (χ0v) is 10.9. The molecule has 1 N–H and O–H groups in total. The molecule has 1 atom stereocenters. The molecular weight excluding hydrogens is 236 g/mol. The highest BCUT2D eigenvalue weighted by Gasteiger charge is 2.17. The van der Waals surface area contributed by atoms with E-state index in [-0.39, 0.29) is 0 Å². The lowest BCUT2D eigenvalue weighted by atomic mass is 9.97. The van der Waals surface area contributed by atoms with Crippen LogP contribution in [0, 0.1) is 0 Å². The minimum atomic E-state index is -0.549. The van der Waals surface area contributed by atoms with Crippen LogP contribution in [0.15, 0.2) is 18.2 Å². The van der Waals surface area contributed by atoms with Crippen LogP contribution in [0.25, 0.3) is 0 Å². The first-order valence-corrected chi connectivity index (χ1v) is 6.69. The standard InChI is InChI=1S/C14H19ClO2/c1-10(16)13-9-11(15)7-8-14(13)17-12-5-3-2-4-6-12/h7-10,12,16H,2-6H2,1H3/t10-/m0/s1. The summed E-state index contributed by atoms with van der Waals surface area (Å²) in [5.74, 6) is 0.774. The van der Waals surface area contributed by atoms with Gasteiger partial charge in [-0.25, -0.2) is 0 Å². The average molecular weight is 255 g/mol. The van der Waals surface area contributed by atoms with Gasteiger partial charge in [-0.3, -0.25) is 0 Å². The Balaban J connectivity index is 2.13.